The maximum absolute atomic E-state index is 12.8. The monoisotopic (exact) mass is 488 g/mol. The van der Waals surface area contributed by atoms with Gasteiger partial charge in [0, 0.05) is 20.7 Å². The summed E-state index contributed by atoms with van der Waals surface area (Å²) in [7, 11) is 0. The molecule has 0 saturated heterocycles. The predicted octanol–water partition coefficient (Wildman–Crippen LogP) is 3.60. The minimum absolute atomic E-state index is 0.0142. The van der Waals surface area contributed by atoms with Gasteiger partial charge in [0.05, 0.1) is 11.9 Å². The second-order valence-electron chi connectivity index (χ2n) is 6.26. The molecule has 0 aliphatic heterocycles. The standard InChI is InChI=1S/C19H14Cl2N8O2S/c20-12-3-1-11(2-4-12)9-23-25-19(30)16-15(10-32-14-7-5-13(21)6-8-14)29(28-24-16)18-17(22)26-31-27-18/h1-9H,10H2,(H2,22,26)(H,25,30)/b23-9-. The van der Waals surface area contributed by atoms with Crippen molar-refractivity contribution >= 4 is 52.9 Å². The van der Waals surface area contributed by atoms with Gasteiger partial charge in [0.2, 0.25) is 11.6 Å². The molecule has 0 spiro atoms. The number of hydrogen-bond donors (Lipinski definition) is 2. The number of benzene rings is 2. The summed E-state index contributed by atoms with van der Waals surface area (Å²) in [6.07, 6.45) is 1.49. The molecule has 2 aromatic carbocycles. The zero-order chi connectivity index (χ0) is 22.5. The molecule has 162 valence electrons. The van der Waals surface area contributed by atoms with E-state index in [-0.39, 0.29) is 17.3 Å². The Morgan fingerprint density at radius 1 is 1.12 bits per heavy atom. The molecular formula is C19H14Cl2N8O2S. The summed E-state index contributed by atoms with van der Waals surface area (Å²) in [5.41, 5.74) is 9.50. The number of nitrogens with one attached hydrogen (secondary N) is 1. The van der Waals surface area contributed by atoms with Crippen molar-refractivity contribution in [1.29, 1.82) is 0 Å². The number of rotatable bonds is 7. The second kappa shape index (κ2) is 9.81. The van der Waals surface area contributed by atoms with E-state index in [4.69, 9.17) is 28.9 Å². The van der Waals surface area contributed by atoms with Crippen LogP contribution in [0.15, 0.2) is 63.2 Å². The number of aromatic nitrogens is 5. The maximum Gasteiger partial charge on any atom is 0.293 e. The highest BCUT2D eigenvalue weighted by Crippen LogP contribution is 2.27. The lowest BCUT2D eigenvalue weighted by molar-refractivity contribution is 0.0949. The first-order chi connectivity index (χ1) is 15.5. The van der Waals surface area contributed by atoms with E-state index in [1.165, 1.54) is 22.7 Å². The summed E-state index contributed by atoms with van der Waals surface area (Å²) < 4.78 is 5.97. The van der Waals surface area contributed by atoms with E-state index in [1.54, 1.807) is 36.4 Å². The molecule has 1 amide bonds. The van der Waals surface area contributed by atoms with E-state index in [2.05, 4.69) is 35.8 Å². The Morgan fingerprint density at radius 3 is 2.47 bits per heavy atom. The molecule has 0 radical (unpaired) electrons. The van der Waals surface area contributed by atoms with Gasteiger partial charge in [0.15, 0.2) is 5.69 Å². The molecule has 13 heteroatoms. The van der Waals surface area contributed by atoms with E-state index in [1.807, 2.05) is 12.1 Å². The van der Waals surface area contributed by atoms with E-state index >= 15 is 0 Å². The molecule has 4 aromatic rings. The highest BCUT2D eigenvalue weighted by Gasteiger charge is 2.24. The van der Waals surface area contributed by atoms with Crippen LogP contribution in [0, 0.1) is 0 Å². The van der Waals surface area contributed by atoms with Crippen LogP contribution < -0.4 is 11.2 Å². The van der Waals surface area contributed by atoms with Gasteiger partial charge in [-0.1, -0.05) is 40.5 Å². The molecule has 0 bridgehead atoms. The van der Waals surface area contributed by atoms with Crippen LogP contribution in [0.4, 0.5) is 5.82 Å². The Balaban J connectivity index is 1.56. The van der Waals surface area contributed by atoms with Gasteiger partial charge >= 0.3 is 0 Å². The van der Waals surface area contributed by atoms with E-state index in [9.17, 15) is 4.79 Å². The number of carbonyl (C=O) groups excluding carboxylic acids is 1. The lowest BCUT2D eigenvalue weighted by atomic mass is 10.2. The fourth-order valence-electron chi connectivity index (χ4n) is 2.57. The number of thioether (sulfide) groups is 1. The van der Waals surface area contributed by atoms with Crippen molar-refractivity contribution < 1.29 is 9.42 Å². The van der Waals surface area contributed by atoms with Crippen LogP contribution in [0.1, 0.15) is 21.7 Å². The molecule has 0 atom stereocenters. The molecule has 2 aromatic heterocycles. The lowest BCUT2D eigenvalue weighted by Crippen LogP contribution is -2.20. The number of halogens is 2. The van der Waals surface area contributed by atoms with Gasteiger partial charge in [-0.2, -0.15) is 9.78 Å². The fraction of sp³-hybridized carbons (Fsp3) is 0.0526. The van der Waals surface area contributed by atoms with Crippen LogP contribution in [-0.2, 0) is 5.75 Å². The van der Waals surface area contributed by atoms with Gasteiger partial charge in [-0.3, -0.25) is 4.79 Å². The highest BCUT2D eigenvalue weighted by molar-refractivity contribution is 7.98. The van der Waals surface area contributed by atoms with Crippen LogP contribution in [0.3, 0.4) is 0 Å². The van der Waals surface area contributed by atoms with Crippen molar-refractivity contribution in [3.63, 3.8) is 0 Å². The topological polar surface area (TPSA) is 137 Å². The third-order valence-corrected chi connectivity index (χ3v) is 5.64. The summed E-state index contributed by atoms with van der Waals surface area (Å²) in [6, 6.07) is 14.3. The summed E-state index contributed by atoms with van der Waals surface area (Å²) in [6.45, 7) is 0. The number of carbonyl (C=O) groups is 1. The third-order valence-electron chi connectivity index (χ3n) is 4.11. The van der Waals surface area contributed by atoms with Gasteiger partial charge in [0.1, 0.15) is 0 Å². The van der Waals surface area contributed by atoms with Crippen molar-refractivity contribution in [2.45, 2.75) is 10.6 Å². The quantitative estimate of drug-likeness (QED) is 0.228. The number of hydrazone groups is 1. The zero-order valence-corrected chi connectivity index (χ0v) is 18.5. The van der Waals surface area contributed by atoms with Crippen molar-refractivity contribution in [3.8, 4) is 5.82 Å². The molecule has 0 aliphatic carbocycles. The first kappa shape index (κ1) is 21.8. The minimum Gasteiger partial charge on any atom is -0.378 e. The molecule has 0 unspecified atom stereocenters. The first-order valence-corrected chi connectivity index (χ1v) is 10.8. The third kappa shape index (κ3) is 5.07. The summed E-state index contributed by atoms with van der Waals surface area (Å²) in [4.78, 5) is 13.7. The number of hydrogen-bond acceptors (Lipinski definition) is 9. The number of nitrogens with two attached hydrogens (primary N) is 1. The average Bonchev–Trinajstić information content (AvgIpc) is 3.40. The number of nitrogens with zero attached hydrogens (tertiary/aromatic N) is 6. The molecule has 0 fully saturated rings. The van der Waals surface area contributed by atoms with Crippen molar-refractivity contribution in [2.24, 2.45) is 5.10 Å². The molecule has 4 rings (SSSR count). The van der Waals surface area contributed by atoms with Gasteiger partial charge < -0.3 is 5.73 Å². The van der Waals surface area contributed by atoms with Crippen LogP contribution in [0.25, 0.3) is 5.82 Å². The van der Waals surface area contributed by atoms with Crippen LogP contribution in [-0.4, -0.2) is 37.4 Å². The normalized spacial score (nSPS) is 11.2. The number of amides is 1. The largest absolute Gasteiger partial charge is 0.378 e. The van der Waals surface area contributed by atoms with Gasteiger partial charge in [0.25, 0.3) is 5.91 Å². The van der Waals surface area contributed by atoms with E-state index < -0.39 is 5.91 Å². The Morgan fingerprint density at radius 2 is 1.81 bits per heavy atom. The van der Waals surface area contributed by atoms with Gasteiger partial charge in [-0.05, 0) is 52.3 Å². The molecule has 3 N–H and O–H groups in total. The van der Waals surface area contributed by atoms with Crippen LogP contribution in [0.5, 0.6) is 0 Å². The predicted molar refractivity (Wildman–Crippen MR) is 121 cm³/mol. The number of nitrogen functional groups attached to an aromatic ring is 1. The first-order valence-electron chi connectivity index (χ1n) is 9.01. The molecule has 32 heavy (non-hydrogen) atoms. The molecule has 2 heterocycles. The molecule has 10 nitrogen and oxygen atoms in total. The lowest BCUT2D eigenvalue weighted by Gasteiger charge is -2.06. The Labute approximate surface area is 195 Å². The maximum atomic E-state index is 12.8. The summed E-state index contributed by atoms with van der Waals surface area (Å²) >= 11 is 13.3. The Hall–Kier alpha value is -3.41. The van der Waals surface area contributed by atoms with Crippen molar-refractivity contribution in [2.75, 3.05) is 5.73 Å². The van der Waals surface area contributed by atoms with Crippen molar-refractivity contribution in [1.82, 2.24) is 30.7 Å². The van der Waals surface area contributed by atoms with E-state index in [0.717, 1.165) is 10.5 Å². The van der Waals surface area contributed by atoms with Gasteiger partial charge in [-0.15, -0.1) is 16.9 Å². The number of anilines is 1. The van der Waals surface area contributed by atoms with Gasteiger partial charge in [-0.25, -0.2) is 10.1 Å². The van der Waals surface area contributed by atoms with Crippen molar-refractivity contribution in [3.05, 3.63) is 75.5 Å². The summed E-state index contributed by atoms with van der Waals surface area (Å²) in [5.74, 6) is -0.0820. The summed E-state index contributed by atoms with van der Waals surface area (Å²) in [5, 5.41) is 20.5. The average molecular weight is 489 g/mol. The molecule has 0 saturated carbocycles. The molecular weight excluding hydrogens is 475 g/mol. The zero-order valence-electron chi connectivity index (χ0n) is 16.1. The Kier molecular flexibility index (Phi) is 6.69. The van der Waals surface area contributed by atoms with Crippen LogP contribution >= 0.6 is 35.0 Å². The fourth-order valence-corrected chi connectivity index (χ4v) is 3.71. The smallest absolute Gasteiger partial charge is 0.293 e. The second-order valence-corrected chi connectivity index (χ2v) is 8.18. The van der Waals surface area contributed by atoms with Crippen LogP contribution in [0.2, 0.25) is 10.0 Å². The Bertz CT molecular complexity index is 1260. The van der Waals surface area contributed by atoms with E-state index in [0.29, 0.717) is 21.5 Å². The molecule has 0 aliphatic rings. The SMILES string of the molecule is Nc1nonc1-n1nnc(C(=O)N/N=C\c2ccc(Cl)cc2)c1CSc1ccc(Cl)cc1. The highest BCUT2D eigenvalue weighted by atomic mass is 35.5. The minimum atomic E-state index is -0.553.